The van der Waals surface area contributed by atoms with Crippen LogP contribution in [0.25, 0.3) is 0 Å². The Labute approximate surface area is 92.1 Å². The normalized spacial score (nSPS) is 10.3. The van der Waals surface area contributed by atoms with Gasteiger partial charge in [-0.05, 0) is 25.0 Å². The van der Waals surface area contributed by atoms with Crippen LogP contribution in [-0.2, 0) is 0 Å². The zero-order valence-corrected chi connectivity index (χ0v) is 8.86. The van der Waals surface area contributed by atoms with E-state index >= 15 is 0 Å². The van der Waals surface area contributed by atoms with E-state index in [4.69, 9.17) is 11.6 Å². The summed E-state index contributed by atoms with van der Waals surface area (Å²) in [7, 11) is 0. The van der Waals surface area contributed by atoms with Crippen LogP contribution in [0.5, 0.6) is 0 Å². The average molecular weight is 233 g/mol. The highest BCUT2D eigenvalue weighted by molar-refractivity contribution is 6.17. The minimum atomic E-state index is -0.726. The van der Waals surface area contributed by atoms with Crippen LogP contribution in [0, 0.1) is 11.6 Å². The number of ketones is 1. The molecule has 0 radical (unpaired) electrons. The third-order valence-electron chi connectivity index (χ3n) is 1.97. The maximum Gasteiger partial charge on any atom is 0.163 e. The van der Waals surface area contributed by atoms with Crippen LogP contribution < -0.4 is 0 Å². The Bertz CT molecular complexity index is 332. The summed E-state index contributed by atoms with van der Waals surface area (Å²) in [6.07, 6.45) is 1.64. The fourth-order valence-electron chi connectivity index (χ4n) is 1.24. The van der Waals surface area contributed by atoms with Crippen molar-refractivity contribution in [1.29, 1.82) is 0 Å². The molecule has 0 saturated carbocycles. The van der Waals surface area contributed by atoms with Gasteiger partial charge in [-0.1, -0.05) is 0 Å². The Morgan fingerprint density at radius 3 is 2.27 bits per heavy atom. The molecule has 0 aliphatic carbocycles. The number of carbonyl (C=O) groups is 1. The zero-order valence-electron chi connectivity index (χ0n) is 8.10. The minimum absolute atomic E-state index is 0.0853. The predicted octanol–water partition coefficient (Wildman–Crippen LogP) is 3.56. The van der Waals surface area contributed by atoms with Crippen molar-refractivity contribution in [3.63, 3.8) is 0 Å². The van der Waals surface area contributed by atoms with Crippen molar-refractivity contribution in [2.75, 3.05) is 5.88 Å². The van der Waals surface area contributed by atoms with Gasteiger partial charge in [0.2, 0.25) is 0 Å². The summed E-state index contributed by atoms with van der Waals surface area (Å²) in [5.74, 6) is -1.21. The lowest BCUT2D eigenvalue weighted by atomic mass is 10.1. The van der Waals surface area contributed by atoms with Crippen LogP contribution in [0.3, 0.4) is 0 Å². The highest BCUT2D eigenvalue weighted by Crippen LogP contribution is 2.11. The highest BCUT2D eigenvalue weighted by atomic mass is 35.5. The third-order valence-corrected chi connectivity index (χ3v) is 2.24. The van der Waals surface area contributed by atoms with Gasteiger partial charge < -0.3 is 0 Å². The van der Waals surface area contributed by atoms with Crippen molar-refractivity contribution in [2.24, 2.45) is 0 Å². The SMILES string of the molecule is O=C(CCCCCl)c1cc(F)cc(F)c1. The van der Waals surface area contributed by atoms with E-state index in [1.165, 1.54) is 0 Å². The van der Waals surface area contributed by atoms with E-state index in [2.05, 4.69) is 0 Å². The van der Waals surface area contributed by atoms with E-state index in [0.717, 1.165) is 24.6 Å². The number of halogens is 3. The Hall–Kier alpha value is -0.960. The number of rotatable bonds is 5. The quantitative estimate of drug-likeness (QED) is 0.431. The number of carbonyl (C=O) groups excluding carboxylic acids is 1. The molecule has 0 aromatic heterocycles. The van der Waals surface area contributed by atoms with Gasteiger partial charge in [0.15, 0.2) is 5.78 Å². The van der Waals surface area contributed by atoms with Gasteiger partial charge in [-0.25, -0.2) is 8.78 Å². The molecule has 0 amide bonds. The van der Waals surface area contributed by atoms with Crippen molar-refractivity contribution in [3.8, 4) is 0 Å². The lowest BCUT2D eigenvalue weighted by Crippen LogP contribution is -2.00. The minimum Gasteiger partial charge on any atom is -0.294 e. The first-order valence-electron chi connectivity index (χ1n) is 4.68. The van der Waals surface area contributed by atoms with Crippen LogP contribution in [0.15, 0.2) is 18.2 Å². The molecule has 1 aromatic carbocycles. The topological polar surface area (TPSA) is 17.1 Å². The molecule has 15 heavy (non-hydrogen) atoms. The molecule has 0 unspecified atom stereocenters. The molecule has 0 atom stereocenters. The second kappa shape index (κ2) is 5.81. The van der Waals surface area contributed by atoms with Gasteiger partial charge in [0.05, 0.1) is 0 Å². The first-order chi connectivity index (χ1) is 7.13. The maximum absolute atomic E-state index is 12.8. The Balaban J connectivity index is 2.65. The Morgan fingerprint density at radius 2 is 1.73 bits per heavy atom. The van der Waals surface area contributed by atoms with Crippen LogP contribution in [0.2, 0.25) is 0 Å². The van der Waals surface area contributed by atoms with Crippen molar-refractivity contribution in [3.05, 3.63) is 35.4 Å². The molecule has 1 aromatic rings. The monoisotopic (exact) mass is 232 g/mol. The lowest BCUT2D eigenvalue weighted by molar-refractivity contribution is 0.0979. The molecular weight excluding hydrogens is 222 g/mol. The van der Waals surface area contributed by atoms with Crippen LogP contribution in [0.4, 0.5) is 8.78 Å². The third kappa shape index (κ3) is 3.96. The van der Waals surface area contributed by atoms with Gasteiger partial charge in [0.1, 0.15) is 11.6 Å². The smallest absolute Gasteiger partial charge is 0.163 e. The number of alkyl halides is 1. The molecule has 1 nitrogen and oxygen atoms in total. The van der Waals surface area contributed by atoms with E-state index in [1.807, 2.05) is 0 Å². The second-order valence-electron chi connectivity index (χ2n) is 3.23. The number of benzene rings is 1. The largest absolute Gasteiger partial charge is 0.294 e. The molecule has 82 valence electrons. The fraction of sp³-hybridized carbons (Fsp3) is 0.364. The van der Waals surface area contributed by atoms with E-state index in [-0.39, 0.29) is 17.8 Å². The number of unbranched alkanes of at least 4 members (excludes halogenated alkanes) is 1. The predicted molar refractivity (Wildman–Crippen MR) is 55.3 cm³/mol. The van der Waals surface area contributed by atoms with Crippen molar-refractivity contribution >= 4 is 17.4 Å². The number of Topliss-reactive ketones (excluding diaryl/α,β-unsaturated/α-hetero) is 1. The number of hydrogen-bond acceptors (Lipinski definition) is 1. The van der Waals surface area contributed by atoms with Crippen molar-refractivity contribution < 1.29 is 13.6 Å². The van der Waals surface area contributed by atoms with Crippen LogP contribution in [-0.4, -0.2) is 11.7 Å². The van der Waals surface area contributed by atoms with Crippen molar-refractivity contribution in [1.82, 2.24) is 0 Å². The Morgan fingerprint density at radius 1 is 1.13 bits per heavy atom. The van der Waals surface area contributed by atoms with Gasteiger partial charge in [0.25, 0.3) is 0 Å². The van der Waals surface area contributed by atoms with E-state index in [9.17, 15) is 13.6 Å². The lowest BCUT2D eigenvalue weighted by Gasteiger charge is -2.00. The zero-order chi connectivity index (χ0) is 11.3. The van der Waals surface area contributed by atoms with E-state index in [0.29, 0.717) is 12.3 Å². The fourth-order valence-corrected chi connectivity index (χ4v) is 1.43. The highest BCUT2D eigenvalue weighted by Gasteiger charge is 2.08. The molecule has 0 bridgehead atoms. The molecule has 0 spiro atoms. The first kappa shape index (κ1) is 12.1. The molecule has 0 N–H and O–H groups in total. The molecule has 0 saturated heterocycles. The van der Waals surface area contributed by atoms with Crippen molar-refractivity contribution in [2.45, 2.75) is 19.3 Å². The summed E-state index contributed by atoms with van der Waals surface area (Å²) < 4.78 is 25.5. The van der Waals surface area contributed by atoms with Gasteiger partial charge >= 0.3 is 0 Å². The van der Waals surface area contributed by atoms with E-state index in [1.54, 1.807) is 0 Å². The molecule has 1 rings (SSSR count). The van der Waals surface area contributed by atoms with E-state index < -0.39 is 11.6 Å². The summed E-state index contributed by atoms with van der Waals surface area (Å²) in [5, 5.41) is 0. The standard InChI is InChI=1S/C11H11ClF2O/c12-4-2-1-3-11(15)8-5-9(13)7-10(14)6-8/h5-7H,1-4H2. The summed E-state index contributed by atoms with van der Waals surface area (Å²) >= 11 is 5.45. The molecule has 0 aliphatic rings. The summed E-state index contributed by atoms with van der Waals surface area (Å²) in [5.41, 5.74) is 0.0853. The first-order valence-corrected chi connectivity index (χ1v) is 5.22. The Kier molecular flexibility index (Phi) is 4.69. The second-order valence-corrected chi connectivity index (χ2v) is 3.61. The number of hydrogen-bond donors (Lipinski definition) is 0. The van der Waals surface area contributed by atoms with Gasteiger partial charge in [-0.3, -0.25) is 4.79 Å². The molecule has 0 aliphatic heterocycles. The van der Waals surface area contributed by atoms with Crippen LogP contribution >= 0.6 is 11.6 Å². The molecule has 4 heteroatoms. The molecular formula is C11H11ClF2O. The summed E-state index contributed by atoms with van der Waals surface area (Å²) in [6.45, 7) is 0. The van der Waals surface area contributed by atoms with Gasteiger partial charge in [-0.15, -0.1) is 11.6 Å². The maximum atomic E-state index is 12.8. The van der Waals surface area contributed by atoms with Crippen LogP contribution in [0.1, 0.15) is 29.6 Å². The summed E-state index contributed by atoms with van der Waals surface area (Å²) in [6, 6.07) is 2.84. The summed E-state index contributed by atoms with van der Waals surface area (Å²) in [4.78, 5) is 11.4. The average Bonchev–Trinajstić information content (AvgIpc) is 2.16. The molecule has 0 fully saturated rings. The molecule has 0 heterocycles. The van der Waals surface area contributed by atoms with Gasteiger partial charge in [-0.2, -0.15) is 0 Å². The van der Waals surface area contributed by atoms with Gasteiger partial charge in [0, 0.05) is 23.9 Å².